The minimum atomic E-state index is -2.13. The summed E-state index contributed by atoms with van der Waals surface area (Å²) in [6.07, 6.45) is 10.4. The average Bonchev–Trinajstić information content (AvgIpc) is 2.51. The molecule has 1 aliphatic rings. The molecule has 0 unspecified atom stereocenters. The van der Waals surface area contributed by atoms with E-state index in [0.29, 0.717) is 0 Å². The second-order valence-corrected chi connectivity index (χ2v) is 14.7. The first-order valence-corrected chi connectivity index (χ1v) is 14.5. The molecule has 87 valence electrons. The summed E-state index contributed by atoms with van der Waals surface area (Å²) in [5, 5.41) is 0. The van der Waals surface area contributed by atoms with Crippen LogP contribution < -0.4 is 0 Å². The van der Waals surface area contributed by atoms with Crippen LogP contribution in [-0.2, 0) is 18.2 Å². The van der Waals surface area contributed by atoms with Crippen molar-refractivity contribution in [2.75, 3.05) is 0 Å². The third-order valence-electron chi connectivity index (χ3n) is 2.44. The summed E-state index contributed by atoms with van der Waals surface area (Å²) >= 11 is -2.13. The van der Waals surface area contributed by atoms with Crippen LogP contribution in [0.1, 0.15) is 51.9 Å². The zero-order valence-corrected chi connectivity index (χ0v) is 13.9. The first-order valence-electron chi connectivity index (χ1n) is 5.00. The molecule has 0 atom stereocenters. The molecule has 4 heteroatoms. The van der Waals surface area contributed by atoms with E-state index in [1.807, 2.05) is 0 Å². The second kappa shape index (κ2) is 12.8. The van der Waals surface area contributed by atoms with Crippen LogP contribution in [0.5, 0.6) is 0 Å². The summed E-state index contributed by atoms with van der Waals surface area (Å²) in [6.45, 7) is 2.29. The van der Waals surface area contributed by atoms with Gasteiger partial charge in [-0.05, 0) is 5.92 Å². The zero-order valence-electron chi connectivity index (χ0n) is 9.16. The fourth-order valence-electron chi connectivity index (χ4n) is 1.79. The summed E-state index contributed by atoms with van der Waals surface area (Å²) in [5.41, 5.74) is 0. The van der Waals surface area contributed by atoms with E-state index in [4.69, 9.17) is 25.5 Å². The van der Waals surface area contributed by atoms with Crippen molar-refractivity contribution in [1.29, 1.82) is 0 Å². The van der Waals surface area contributed by atoms with E-state index in [1.54, 1.807) is 0 Å². The molecule has 0 aromatic carbocycles. The van der Waals surface area contributed by atoms with E-state index in [-0.39, 0.29) is 7.43 Å². The van der Waals surface area contributed by atoms with E-state index in [1.165, 1.54) is 44.9 Å². The van der Waals surface area contributed by atoms with Crippen LogP contribution in [0.2, 0.25) is 0 Å². The van der Waals surface area contributed by atoms with Gasteiger partial charge in [0.15, 0.2) is 0 Å². The summed E-state index contributed by atoms with van der Waals surface area (Å²) in [7, 11) is 15.0. The Morgan fingerprint density at radius 1 is 1.14 bits per heavy atom. The minimum absolute atomic E-state index is 0. The molecule has 0 heterocycles. The monoisotopic (exact) mass is 336 g/mol. The summed E-state index contributed by atoms with van der Waals surface area (Å²) in [5.74, 6) is 1.12. The third-order valence-corrected chi connectivity index (χ3v) is 2.44. The molecule has 0 radical (unpaired) electrons. The number of unbranched alkanes of at least 4 members (excludes halogenated alkanes) is 1. The quantitative estimate of drug-likeness (QED) is 0.563. The Labute approximate surface area is 108 Å². The van der Waals surface area contributed by atoms with Gasteiger partial charge in [-0.3, -0.25) is 0 Å². The van der Waals surface area contributed by atoms with Crippen molar-refractivity contribution in [3.05, 3.63) is 7.43 Å². The number of halogens is 3. The van der Waals surface area contributed by atoms with Crippen LogP contribution in [0.25, 0.3) is 0 Å². The van der Waals surface area contributed by atoms with Gasteiger partial charge in [-0.15, -0.1) is 0 Å². The van der Waals surface area contributed by atoms with Gasteiger partial charge >= 0.3 is 43.7 Å². The van der Waals surface area contributed by atoms with Gasteiger partial charge in [0.25, 0.3) is 0 Å². The number of hydrogen-bond acceptors (Lipinski definition) is 0. The van der Waals surface area contributed by atoms with E-state index in [0.717, 1.165) is 5.92 Å². The molecule has 14 heavy (non-hydrogen) atoms. The van der Waals surface area contributed by atoms with E-state index in [2.05, 4.69) is 6.92 Å². The molecule has 1 aliphatic carbocycles. The Morgan fingerprint density at radius 2 is 1.57 bits per heavy atom. The SMILES string of the molecule is CCCCC1CCCC1.[CH3-].[Cl][Zr]([Cl])[Cl]. The van der Waals surface area contributed by atoms with E-state index >= 15 is 0 Å². The number of hydrogen-bond donors (Lipinski definition) is 0. The fourth-order valence-corrected chi connectivity index (χ4v) is 1.79. The Hall–Kier alpha value is 1.75. The van der Waals surface area contributed by atoms with Crippen LogP contribution >= 0.6 is 25.5 Å². The first kappa shape index (κ1) is 18.1. The van der Waals surface area contributed by atoms with Gasteiger partial charge in [0.05, 0.1) is 0 Å². The summed E-state index contributed by atoms with van der Waals surface area (Å²) < 4.78 is 0. The summed E-state index contributed by atoms with van der Waals surface area (Å²) in [6, 6.07) is 0. The molecule has 1 saturated carbocycles. The molecule has 1 fully saturated rings. The Kier molecular flexibility index (Phi) is 16.6. The Morgan fingerprint density at radius 3 is 1.93 bits per heavy atom. The van der Waals surface area contributed by atoms with E-state index in [9.17, 15) is 0 Å². The van der Waals surface area contributed by atoms with Gasteiger partial charge in [0, 0.05) is 0 Å². The van der Waals surface area contributed by atoms with Crippen LogP contribution in [-0.4, -0.2) is 0 Å². The van der Waals surface area contributed by atoms with E-state index < -0.39 is 18.2 Å². The van der Waals surface area contributed by atoms with Gasteiger partial charge in [-0.1, -0.05) is 51.9 Å². The predicted molar refractivity (Wildman–Crippen MR) is 65.5 cm³/mol. The van der Waals surface area contributed by atoms with Gasteiger partial charge in [0.2, 0.25) is 0 Å². The number of rotatable bonds is 3. The molecule has 0 aromatic heterocycles. The molecule has 1 rings (SSSR count). The maximum absolute atomic E-state index is 5.00. The van der Waals surface area contributed by atoms with Crippen LogP contribution in [0.4, 0.5) is 0 Å². The van der Waals surface area contributed by atoms with Crippen LogP contribution in [0.3, 0.4) is 0 Å². The third kappa shape index (κ3) is 13.8. The fraction of sp³-hybridized carbons (Fsp3) is 0.900. The van der Waals surface area contributed by atoms with Crippen molar-refractivity contribution in [1.82, 2.24) is 0 Å². The standard InChI is InChI=1S/C9H18.CH3.3ClH.Zr/c1-2-3-6-9-7-4-5-8-9;;;;;/h9H,2-8H2,1H3;1H3;3*1H;/q;-1;;;;+3/p-3. The molecule has 0 aromatic rings. The molecule has 0 spiro atoms. The van der Waals surface area contributed by atoms with Gasteiger partial charge in [-0.25, -0.2) is 0 Å². The molecular weight excluding hydrogens is 318 g/mol. The molecule has 0 amide bonds. The predicted octanol–water partition coefficient (Wildman–Crippen LogP) is 5.88. The van der Waals surface area contributed by atoms with Crippen LogP contribution in [0.15, 0.2) is 0 Å². The zero-order chi connectivity index (χ0) is 10.1. The molecular formula is C10H21Cl3Zr-. The second-order valence-electron chi connectivity index (χ2n) is 3.51. The molecule has 0 nitrogen and oxygen atoms in total. The van der Waals surface area contributed by atoms with Gasteiger partial charge < -0.3 is 7.43 Å². The van der Waals surface area contributed by atoms with Crippen LogP contribution in [0, 0.1) is 13.3 Å². The molecule has 0 saturated heterocycles. The Bertz CT molecular complexity index is 101. The normalized spacial score (nSPS) is 15.4. The molecule has 0 bridgehead atoms. The van der Waals surface area contributed by atoms with Crippen molar-refractivity contribution >= 4 is 25.5 Å². The van der Waals surface area contributed by atoms with Crippen molar-refractivity contribution in [2.45, 2.75) is 51.9 Å². The van der Waals surface area contributed by atoms with Crippen molar-refractivity contribution in [3.8, 4) is 0 Å². The van der Waals surface area contributed by atoms with Crippen molar-refractivity contribution < 1.29 is 18.2 Å². The van der Waals surface area contributed by atoms with Gasteiger partial charge in [-0.2, -0.15) is 0 Å². The molecule has 0 N–H and O–H groups in total. The first-order chi connectivity index (χ1) is 6.16. The van der Waals surface area contributed by atoms with Crippen molar-refractivity contribution in [2.24, 2.45) is 5.92 Å². The topological polar surface area (TPSA) is 0 Å². The average molecular weight is 339 g/mol. The maximum atomic E-state index is 5.00. The molecule has 0 aliphatic heterocycles. The Balaban J connectivity index is 0. The van der Waals surface area contributed by atoms with Crippen molar-refractivity contribution in [3.63, 3.8) is 0 Å². The van der Waals surface area contributed by atoms with Gasteiger partial charge in [0.1, 0.15) is 0 Å². The summed E-state index contributed by atoms with van der Waals surface area (Å²) in [4.78, 5) is 0.